The van der Waals surface area contributed by atoms with Crippen LogP contribution in [0.4, 0.5) is 0 Å². The van der Waals surface area contributed by atoms with Crippen molar-refractivity contribution in [3.05, 3.63) is 22.2 Å². The van der Waals surface area contributed by atoms with Crippen molar-refractivity contribution in [2.45, 2.75) is 32.6 Å². The lowest BCUT2D eigenvalue weighted by Gasteiger charge is -2.26. The first-order valence-corrected chi connectivity index (χ1v) is 5.87. The Bertz CT molecular complexity index is 480. The number of carboxylic acids is 1. The number of aliphatic carboxylic acids is 1. The van der Waals surface area contributed by atoms with Gasteiger partial charge in [0.2, 0.25) is 0 Å². The zero-order valence-corrected chi connectivity index (χ0v) is 11.6. The van der Waals surface area contributed by atoms with E-state index in [2.05, 4.69) is 0 Å². The maximum atomic E-state index is 10.9. The first kappa shape index (κ1) is 14.6. The number of phenols is 1. The van der Waals surface area contributed by atoms with Gasteiger partial charge in [0.1, 0.15) is 11.5 Å². The van der Waals surface area contributed by atoms with Crippen molar-refractivity contribution in [3.8, 4) is 11.5 Å². The molecule has 0 aliphatic heterocycles. The minimum Gasteiger partial charge on any atom is -0.507 e. The normalized spacial score (nSPS) is 11.4. The molecule has 1 aromatic rings. The second-order valence-corrected chi connectivity index (χ2v) is 5.27. The number of carboxylic acid groups (broad SMARTS) is 1. The molecule has 0 aromatic heterocycles. The molecule has 4 nitrogen and oxygen atoms in total. The van der Waals surface area contributed by atoms with E-state index in [1.807, 2.05) is 0 Å². The van der Waals surface area contributed by atoms with Gasteiger partial charge in [0, 0.05) is 16.5 Å². The monoisotopic (exact) mass is 272 g/mol. The molecule has 0 spiro atoms. The lowest BCUT2D eigenvalue weighted by molar-refractivity contribution is -0.138. The van der Waals surface area contributed by atoms with Gasteiger partial charge in [-0.1, -0.05) is 25.4 Å². The van der Waals surface area contributed by atoms with Crippen LogP contribution in [0.25, 0.3) is 0 Å². The first-order chi connectivity index (χ1) is 8.20. The van der Waals surface area contributed by atoms with Crippen LogP contribution in [0.15, 0.2) is 6.07 Å². The van der Waals surface area contributed by atoms with E-state index in [1.54, 1.807) is 26.8 Å². The molecule has 0 amide bonds. The number of hydrogen-bond acceptors (Lipinski definition) is 3. The molecule has 0 saturated heterocycles. The quantitative estimate of drug-likeness (QED) is 0.884. The van der Waals surface area contributed by atoms with Crippen molar-refractivity contribution < 1.29 is 19.7 Å². The number of methoxy groups -OCH3 is 1. The Morgan fingerprint density at radius 1 is 1.50 bits per heavy atom. The average Bonchev–Trinajstić information content (AvgIpc) is 2.22. The van der Waals surface area contributed by atoms with Crippen LogP contribution in [0, 0.1) is 6.92 Å². The number of carbonyl (C=O) groups is 1. The summed E-state index contributed by atoms with van der Waals surface area (Å²) in [5.74, 6) is -0.490. The van der Waals surface area contributed by atoms with Gasteiger partial charge in [-0.2, -0.15) is 0 Å². The minimum atomic E-state index is -0.927. The van der Waals surface area contributed by atoms with Crippen LogP contribution < -0.4 is 4.74 Å². The Labute approximate surface area is 111 Å². The number of halogens is 1. The predicted molar refractivity (Wildman–Crippen MR) is 69.7 cm³/mol. The maximum absolute atomic E-state index is 10.9. The molecule has 2 N–H and O–H groups in total. The summed E-state index contributed by atoms with van der Waals surface area (Å²) in [4.78, 5) is 10.9. The maximum Gasteiger partial charge on any atom is 0.304 e. The highest BCUT2D eigenvalue weighted by Crippen LogP contribution is 2.43. The number of phenolic OH excluding ortho intramolecular Hbond substituents is 1. The zero-order chi connectivity index (χ0) is 14.1. The Balaban J connectivity index is 3.39. The van der Waals surface area contributed by atoms with Crippen LogP contribution in [-0.2, 0) is 10.2 Å². The molecule has 0 aliphatic rings. The zero-order valence-electron chi connectivity index (χ0n) is 10.9. The highest BCUT2D eigenvalue weighted by Gasteiger charge is 2.29. The topological polar surface area (TPSA) is 66.8 Å². The third-order valence-electron chi connectivity index (χ3n) is 2.97. The molecule has 1 rings (SSSR count). The lowest BCUT2D eigenvalue weighted by Crippen LogP contribution is -2.22. The molecule has 100 valence electrons. The fourth-order valence-electron chi connectivity index (χ4n) is 1.99. The molecule has 0 heterocycles. The van der Waals surface area contributed by atoms with E-state index in [0.717, 1.165) is 0 Å². The summed E-state index contributed by atoms with van der Waals surface area (Å²) in [5.41, 5.74) is 0.308. The summed E-state index contributed by atoms with van der Waals surface area (Å²) >= 11 is 6.07. The number of hydrogen-bond donors (Lipinski definition) is 2. The number of benzene rings is 1. The Morgan fingerprint density at radius 3 is 2.50 bits per heavy atom. The molecule has 0 bridgehead atoms. The fraction of sp³-hybridized carbons (Fsp3) is 0.462. The third-order valence-corrected chi connectivity index (χ3v) is 3.25. The largest absolute Gasteiger partial charge is 0.507 e. The number of ether oxygens (including phenoxy) is 1. The average molecular weight is 273 g/mol. The molecule has 18 heavy (non-hydrogen) atoms. The second-order valence-electron chi connectivity index (χ2n) is 4.87. The molecule has 0 fully saturated rings. The number of aromatic hydroxyl groups is 1. The van der Waals surface area contributed by atoms with Gasteiger partial charge < -0.3 is 14.9 Å². The highest BCUT2D eigenvalue weighted by atomic mass is 35.5. The summed E-state index contributed by atoms with van der Waals surface area (Å²) in [7, 11) is 1.47. The fourth-order valence-corrected chi connectivity index (χ4v) is 2.32. The molecule has 0 unspecified atom stereocenters. The highest BCUT2D eigenvalue weighted by molar-refractivity contribution is 6.32. The van der Waals surface area contributed by atoms with Crippen molar-refractivity contribution >= 4 is 17.6 Å². The van der Waals surface area contributed by atoms with Crippen LogP contribution >= 0.6 is 11.6 Å². The van der Waals surface area contributed by atoms with Crippen molar-refractivity contribution in [1.29, 1.82) is 0 Å². The van der Waals surface area contributed by atoms with Gasteiger partial charge in [-0.05, 0) is 13.0 Å². The smallest absolute Gasteiger partial charge is 0.304 e. The van der Waals surface area contributed by atoms with E-state index < -0.39 is 11.4 Å². The van der Waals surface area contributed by atoms with E-state index >= 15 is 0 Å². The van der Waals surface area contributed by atoms with Gasteiger partial charge >= 0.3 is 5.97 Å². The van der Waals surface area contributed by atoms with Crippen LogP contribution in [0.5, 0.6) is 11.5 Å². The molecule has 1 aromatic carbocycles. The molecule has 0 aliphatic carbocycles. The van der Waals surface area contributed by atoms with Crippen molar-refractivity contribution in [2.24, 2.45) is 0 Å². The van der Waals surface area contributed by atoms with Crippen LogP contribution in [0.3, 0.4) is 0 Å². The summed E-state index contributed by atoms with van der Waals surface area (Å²) in [6.45, 7) is 5.18. The van der Waals surface area contributed by atoms with E-state index in [1.165, 1.54) is 7.11 Å². The van der Waals surface area contributed by atoms with Crippen molar-refractivity contribution in [3.63, 3.8) is 0 Å². The predicted octanol–water partition coefficient (Wildman–Crippen LogP) is 3.11. The van der Waals surface area contributed by atoms with Gasteiger partial charge in [-0.3, -0.25) is 4.79 Å². The Kier molecular flexibility index (Phi) is 4.12. The minimum absolute atomic E-state index is 0.0301. The standard InChI is InChI=1S/C13H17ClO4/c1-7-11(17)8(5-9(14)12(7)18-4)13(2,3)6-10(15)16/h5,17H,6H2,1-4H3,(H,15,16). The van der Waals surface area contributed by atoms with Gasteiger partial charge in [0.15, 0.2) is 0 Å². The molecule has 5 heteroatoms. The van der Waals surface area contributed by atoms with E-state index in [-0.39, 0.29) is 12.2 Å². The second kappa shape index (κ2) is 5.06. The summed E-state index contributed by atoms with van der Waals surface area (Å²) in [6.07, 6.45) is -0.0946. The van der Waals surface area contributed by atoms with Gasteiger partial charge in [0.05, 0.1) is 18.6 Å². The summed E-state index contributed by atoms with van der Waals surface area (Å²) in [6, 6.07) is 1.56. The van der Waals surface area contributed by atoms with E-state index in [4.69, 9.17) is 21.4 Å². The molecule has 0 radical (unpaired) electrons. The van der Waals surface area contributed by atoms with Gasteiger partial charge in [0.25, 0.3) is 0 Å². The summed E-state index contributed by atoms with van der Waals surface area (Å²) in [5, 5.41) is 19.4. The Morgan fingerprint density at radius 2 is 2.06 bits per heavy atom. The van der Waals surface area contributed by atoms with Gasteiger partial charge in [-0.25, -0.2) is 0 Å². The lowest BCUT2D eigenvalue weighted by atomic mass is 9.80. The van der Waals surface area contributed by atoms with Crippen LogP contribution in [-0.4, -0.2) is 23.3 Å². The molecular weight excluding hydrogens is 256 g/mol. The molecule has 0 saturated carbocycles. The van der Waals surface area contributed by atoms with E-state index in [9.17, 15) is 9.90 Å². The van der Waals surface area contributed by atoms with Gasteiger partial charge in [-0.15, -0.1) is 0 Å². The van der Waals surface area contributed by atoms with E-state index in [0.29, 0.717) is 21.9 Å². The Hall–Kier alpha value is -1.42. The van der Waals surface area contributed by atoms with Crippen LogP contribution in [0.1, 0.15) is 31.4 Å². The summed E-state index contributed by atoms with van der Waals surface area (Å²) < 4.78 is 5.10. The molecular formula is C13H17ClO4. The van der Waals surface area contributed by atoms with Crippen molar-refractivity contribution in [2.75, 3.05) is 7.11 Å². The molecule has 0 atom stereocenters. The first-order valence-electron chi connectivity index (χ1n) is 5.49. The number of rotatable bonds is 4. The SMILES string of the molecule is COc1c(Cl)cc(C(C)(C)CC(=O)O)c(O)c1C. The van der Waals surface area contributed by atoms with Crippen molar-refractivity contribution in [1.82, 2.24) is 0 Å². The van der Waals surface area contributed by atoms with Crippen LogP contribution in [0.2, 0.25) is 5.02 Å². The third kappa shape index (κ3) is 2.70.